The summed E-state index contributed by atoms with van der Waals surface area (Å²) < 4.78 is 14.0. The van der Waals surface area contributed by atoms with Gasteiger partial charge in [-0.3, -0.25) is 0 Å². The van der Waals surface area contributed by atoms with Gasteiger partial charge >= 0.3 is 0 Å². The molecular formula is C18H18FNS. The van der Waals surface area contributed by atoms with Crippen molar-refractivity contribution >= 4 is 22.1 Å². The van der Waals surface area contributed by atoms with Crippen molar-refractivity contribution in [1.29, 1.82) is 0 Å². The lowest BCUT2D eigenvalue weighted by Gasteiger charge is -2.21. The first-order valence-corrected chi connectivity index (χ1v) is 8.05. The van der Waals surface area contributed by atoms with Gasteiger partial charge in [-0.15, -0.1) is 11.3 Å². The van der Waals surface area contributed by atoms with Crippen molar-refractivity contribution in [3.05, 3.63) is 69.7 Å². The molecule has 0 spiro atoms. The Balaban J connectivity index is 2.21. The highest BCUT2D eigenvalue weighted by molar-refractivity contribution is 7.10. The van der Waals surface area contributed by atoms with Gasteiger partial charge in [0.25, 0.3) is 0 Å². The van der Waals surface area contributed by atoms with E-state index in [-0.39, 0.29) is 11.9 Å². The minimum atomic E-state index is -0.161. The van der Waals surface area contributed by atoms with Crippen LogP contribution in [-0.2, 0) is 0 Å². The SMILES string of the molecule is CCNC(c1ccsc1C)c1ccc(F)c2ccccc12. The number of halogens is 1. The van der Waals surface area contributed by atoms with Crippen molar-refractivity contribution in [1.82, 2.24) is 5.32 Å². The van der Waals surface area contributed by atoms with E-state index >= 15 is 0 Å². The first-order chi connectivity index (χ1) is 10.2. The van der Waals surface area contributed by atoms with Crippen LogP contribution in [0.2, 0.25) is 0 Å². The van der Waals surface area contributed by atoms with Crippen molar-refractivity contribution in [2.45, 2.75) is 19.9 Å². The first kappa shape index (κ1) is 14.2. The molecule has 1 unspecified atom stereocenters. The molecule has 0 saturated carbocycles. The van der Waals surface area contributed by atoms with Crippen molar-refractivity contribution in [2.24, 2.45) is 0 Å². The summed E-state index contributed by atoms with van der Waals surface area (Å²) in [6.07, 6.45) is 0. The fraction of sp³-hybridized carbons (Fsp3) is 0.222. The van der Waals surface area contributed by atoms with Crippen LogP contribution in [0.3, 0.4) is 0 Å². The number of rotatable bonds is 4. The van der Waals surface area contributed by atoms with Crippen LogP contribution in [0.4, 0.5) is 4.39 Å². The molecule has 0 aliphatic carbocycles. The molecule has 3 rings (SSSR count). The summed E-state index contributed by atoms with van der Waals surface area (Å²) in [5.74, 6) is -0.161. The molecule has 1 aromatic heterocycles. The second-order valence-corrected chi connectivity index (χ2v) is 6.23. The molecule has 1 nitrogen and oxygen atoms in total. The number of benzene rings is 2. The minimum Gasteiger partial charge on any atom is -0.306 e. The summed E-state index contributed by atoms with van der Waals surface area (Å²) in [6, 6.07) is 13.4. The largest absolute Gasteiger partial charge is 0.306 e. The van der Waals surface area contributed by atoms with Gasteiger partial charge in [0.15, 0.2) is 0 Å². The van der Waals surface area contributed by atoms with Crippen LogP contribution in [0.1, 0.15) is 29.0 Å². The van der Waals surface area contributed by atoms with Gasteiger partial charge in [-0.1, -0.05) is 37.3 Å². The molecule has 1 N–H and O–H groups in total. The van der Waals surface area contributed by atoms with Crippen LogP contribution >= 0.6 is 11.3 Å². The van der Waals surface area contributed by atoms with Crippen molar-refractivity contribution in [2.75, 3.05) is 6.54 Å². The molecule has 0 bridgehead atoms. The van der Waals surface area contributed by atoms with Gasteiger partial charge in [0.05, 0.1) is 6.04 Å². The molecule has 0 amide bonds. The van der Waals surface area contributed by atoms with E-state index in [0.717, 1.165) is 17.5 Å². The highest BCUT2D eigenvalue weighted by atomic mass is 32.1. The van der Waals surface area contributed by atoms with Gasteiger partial charge in [0.1, 0.15) is 5.82 Å². The molecule has 0 aliphatic heterocycles. The summed E-state index contributed by atoms with van der Waals surface area (Å²) in [5, 5.41) is 7.32. The van der Waals surface area contributed by atoms with Gasteiger partial charge in [0, 0.05) is 10.3 Å². The summed E-state index contributed by atoms with van der Waals surface area (Å²) in [7, 11) is 0. The molecule has 2 aromatic carbocycles. The van der Waals surface area contributed by atoms with E-state index < -0.39 is 0 Å². The third kappa shape index (κ3) is 2.59. The van der Waals surface area contributed by atoms with Gasteiger partial charge in [0.2, 0.25) is 0 Å². The fourth-order valence-electron chi connectivity index (χ4n) is 2.82. The van der Waals surface area contributed by atoms with Crippen LogP contribution < -0.4 is 5.32 Å². The Bertz CT molecular complexity index is 763. The zero-order chi connectivity index (χ0) is 14.8. The molecule has 3 heteroatoms. The van der Waals surface area contributed by atoms with E-state index in [0.29, 0.717) is 5.39 Å². The van der Waals surface area contributed by atoms with Gasteiger partial charge in [-0.25, -0.2) is 4.39 Å². The molecule has 1 heterocycles. The maximum atomic E-state index is 14.0. The Kier molecular flexibility index (Phi) is 4.04. The lowest BCUT2D eigenvalue weighted by atomic mass is 9.94. The smallest absolute Gasteiger partial charge is 0.131 e. The Labute approximate surface area is 128 Å². The second kappa shape index (κ2) is 5.96. The summed E-state index contributed by atoms with van der Waals surface area (Å²) in [4.78, 5) is 1.30. The van der Waals surface area contributed by atoms with E-state index in [4.69, 9.17) is 0 Å². The molecular weight excluding hydrogens is 281 g/mol. The average molecular weight is 299 g/mol. The third-order valence-electron chi connectivity index (χ3n) is 3.83. The number of nitrogens with one attached hydrogen (secondary N) is 1. The standard InChI is InChI=1S/C18H18FNS/c1-3-20-18(13-10-11-21-12(13)2)16-8-9-17(19)15-7-5-4-6-14(15)16/h4-11,18,20H,3H2,1-2H3. The highest BCUT2D eigenvalue weighted by Crippen LogP contribution is 2.33. The Hall–Kier alpha value is -1.71. The van der Waals surface area contributed by atoms with Gasteiger partial charge in [-0.2, -0.15) is 0 Å². The summed E-state index contributed by atoms with van der Waals surface area (Å²) in [6.45, 7) is 5.10. The molecule has 0 radical (unpaired) electrons. The zero-order valence-corrected chi connectivity index (χ0v) is 13.0. The molecule has 108 valence electrons. The minimum absolute atomic E-state index is 0.103. The summed E-state index contributed by atoms with van der Waals surface area (Å²) >= 11 is 1.75. The van der Waals surface area contributed by atoms with Crippen molar-refractivity contribution in [3.8, 4) is 0 Å². The first-order valence-electron chi connectivity index (χ1n) is 7.17. The third-order valence-corrected chi connectivity index (χ3v) is 4.70. The summed E-state index contributed by atoms with van der Waals surface area (Å²) in [5.41, 5.74) is 2.41. The van der Waals surface area contributed by atoms with E-state index in [9.17, 15) is 4.39 Å². The van der Waals surface area contributed by atoms with E-state index in [1.54, 1.807) is 17.4 Å². The molecule has 3 aromatic rings. The maximum Gasteiger partial charge on any atom is 0.131 e. The monoisotopic (exact) mass is 299 g/mol. The Morgan fingerprint density at radius 3 is 2.48 bits per heavy atom. The van der Waals surface area contributed by atoms with Crippen LogP contribution in [0.25, 0.3) is 10.8 Å². The van der Waals surface area contributed by atoms with Crippen LogP contribution in [0, 0.1) is 12.7 Å². The topological polar surface area (TPSA) is 12.0 Å². The molecule has 1 atom stereocenters. The van der Waals surface area contributed by atoms with Gasteiger partial charge < -0.3 is 5.32 Å². The number of aryl methyl sites for hydroxylation is 1. The van der Waals surface area contributed by atoms with E-state index in [1.165, 1.54) is 10.4 Å². The molecule has 0 fully saturated rings. The Morgan fingerprint density at radius 1 is 1.05 bits per heavy atom. The lowest BCUT2D eigenvalue weighted by molar-refractivity contribution is 0.624. The number of hydrogen-bond acceptors (Lipinski definition) is 2. The number of hydrogen-bond donors (Lipinski definition) is 1. The highest BCUT2D eigenvalue weighted by Gasteiger charge is 2.19. The number of thiophene rings is 1. The molecule has 21 heavy (non-hydrogen) atoms. The van der Waals surface area contributed by atoms with E-state index in [1.807, 2.05) is 30.3 Å². The van der Waals surface area contributed by atoms with Crippen LogP contribution in [0.15, 0.2) is 47.8 Å². The second-order valence-electron chi connectivity index (χ2n) is 5.11. The van der Waals surface area contributed by atoms with Crippen LogP contribution in [-0.4, -0.2) is 6.54 Å². The lowest BCUT2D eigenvalue weighted by Crippen LogP contribution is -2.22. The fourth-order valence-corrected chi connectivity index (χ4v) is 3.56. The predicted molar refractivity (Wildman–Crippen MR) is 88.5 cm³/mol. The maximum absolute atomic E-state index is 14.0. The molecule has 0 saturated heterocycles. The zero-order valence-electron chi connectivity index (χ0n) is 12.2. The van der Waals surface area contributed by atoms with Gasteiger partial charge in [-0.05, 0) is 47.5 Å². The molecule has 0 aliphatic rings. The van der Waals surface area contributed by atoms with Crippen molar-refractivity contribution < 1.29 is 4.39 Å². The van der Waals surface area contributed by atoms with Crippen molar-refractivity contribution in [3.63, 3.8) is 0 Å². The quantitative estimate of drug-likeness (QED) is 0.711. The predicted octanol–water partition coefficient (Wildman–Crippen LogP) is 5.05. The average Bonchev–Trinajstić information content (AvgIpc) is 2.92. The Morgan fingerprint density at radius 2 is 1.81 bits per heavy atom. The normalized spacial score (nSPS) is 12.7. The number of fused-ring (bicyclic) bond motifs is 1. The van der Waals surface area contributed by atoms with Crippen LogP contribution in [0.5, 0.6) is 0 Å². The van der Waals surface area contributed by atoms with E-state index in [2.05, 4.69) is 30.6 Å².